The highest BCUT2D eigenvalue weighted by Gasteiger charge is 2.12. The van der Waals surface area contributed by atoms with Crippen molar-refractivity contribution in [1.82, 2.24) is 15.0 Å². The van der Waals surface area contributed by atoms with E-state index in [2.05, 4.69) is 20.3 Å². The Balaban J connectivity index is 2.84. The molecule has 1 aromatic heterocycles. The third-order valence-corrected chi connectivity index (χ3v) is 2.76. The first-order valence-corrected chi connectivity index (χ1v) is 6.67. The normalized spacial score (nSPS) is 13.9. The SMILES string of the molecule is CCN(CC)c1nc(N)nc(NC(C)CC(C)O)n1. The Morgan fingerprint density at radius 2 is 1.84 bits per heavy atom. The summed E-state index contributed by atoms with van der Waals surface area (Å²) in [6.07, 6.45) is 0.246. The summed E-state index contributed by atoms with van der Waals surface area (Å²) in [4.78, 5) is 14.6. The number of aliphatic hydroxyl groups excluding tert-OH is 1. The number of rotatable bonds is 7. The van der Waals surface area contributed by atoms with E-state index in [0.29, 0.717) is 18.3 Å². The van der Waals surface area contributed by atoms with Crippen molar-refractivity contribution < 1.29 is 5.11 Å². The van der Waals surface area contributed by atoms with Gasteiger partial charge < -0.3 is 21.1 Å². The first-order valence-electron chi connectivity index (χ1n) is 6.67. The summed E-state index contributed by atoms with van der Waals surface area (Å²) in [5.41, 5.74) is 5.71. The van der Waals surface area contributed by atoms with Crippen LogP contribution in [0.1, 0.15) is 34.1 Å². The molecule has 7 heteroatoms. The van der Waals surface area contributed by atoms with Crippen LogP contribution in [0.4, 0.5) is 17.8 Å². The number of hydrogen-bond acceptors (Lipinski definition) is 7. The second-order valence-electron chi connectivity index (χ2n) is 4.62. The van der Waals surface area contributed by atoms with Crippen LogP contribution in [0.3, 0.4) is 0 Å². The Morgan fingerprint density at radius 3 is 2.37 bits per heavy atom. The van der Waals surface area contributed by atoms with Crippen LogP contribution in [0, 0.1) is 0 Å². The standard InChI is InChI=1S/C12H24N6O/c1-5-18(6-2)12-16-10(13)15-11(17-12)14-8(3)7-9(4)19/h8-9,19H,5-7H2,1-4H3,(H3,13,14,15,16,17). The van der Waals surface area contributed by atoms with Gasteiger partial charge in [-0.15, -0.1) is 0 Å². The van der Waals surface area contributed by atoms with Gasteiger partial charge in [0.15, 0.2) is 0 Å². The molecular weight excluding hydrogens is 244 g/mol. The average molecular weight is 268 g/mol. The predicted octanol–water partition coefficient (Wildman–Crippen LogP) is 0.871. The van der Waals surface area contributed by atoms with Crippen LogP contribution in [-0.2, 0) is 0 Å². The second kappa shape index (κ2) is 7.08. The molecule has 0 radical (unpaired) electrons. The monoisotopic (exact) mass is 268 g/mol. The molecule has 108 valence electrons. The molecule has 2 atom stereocenters. The van der Waals surface area contributed by atoms with Crippen LogP contribution < -0.4 is 16.0 Å². The van der Waals surface area contributed by atoms with Gasteiger partial charge in [-0.25, -0.2) is 0 Å². The van der Waals surface area contributed by atoms with E-state index < -0.39 is 0 Å². The fourth-order valence-electron chi connectivity index (χ4n) is 1.88. The first-order chi connectivity index (χ1) is 8.96. The van der Waals surface area contributed by atoms with Gasteiger partial charge in [0.05, 0.1) is 6.10 Å². The van der Waals surface area contributed by atoms with Crippen LogP contribution in [0.5, 0.6) is 0 Å². The molecule has 0 fully saturated rings. The highest BCUT2D eigenvalue weighted by molar-refractivity contribution is 5.42. The lowest BCUT2D eigenvalue weighted by Gasteiger charge is -2.20. The number of hydrogen-bond donors (Lipinski definition) is 3. The largest absolute Gasteiger partial charge is 0.393 e. The molecule has 1 rings (SSSR count). The third-order valence-electron chi connectivity index (χ3n) is 2.76. The van der Waals surface area contributed by atoms with Crippen molar-refractivity contribution in [1.29, 1.82) is 0 Å². The predicted molar refractivity (Wildman–Crippen MR) is 77.2 cm³/mol. The molecule has 0 bridgehead atoms. The summed E-state index contributed by atoms with van der Waals surface area (Å²) in [5.74, 6) is 1.22. The third kappa shape index (κ3) is 4.86. The summed E-state index contributed by atoms with van der Waals surface area (Å²) in [6, 6.07) is 0.0614. The van der Waals surface area contributed by atoms with Gasteiger partial charge >= 0.3 is 0 Å². The minimum absolute atomic E-state index is 0.0614. The van der Waals surface area contributed by atoms with E-state index in [0.717, 1.165) is 13.1 Å². The molecule has 0 saturated carbocycles. The second-order valence-corrected chi connectivity index (χ2v) is 4.62. The molecule has 0 spiro atoms. The maximum absolute atomic E-state index is 9.35. The molecule has 0 saturated heterocycles. The molecule has 0 aliphatic heterocycles. The number of nitrogen functional groups attached to an aromatic ring is 1. The van der Waals surface area contributed by atoms with Crippen LogP contribution in [0.2, 0.25) is 0 Å². The van der Waals surface area contributed by atoms with Crippen LogP contribution >= 0.6 is 0 Å². The van der Waals surface area contributed by atoms with E-state index in [1.807, 2.05) is 25.7 Å². The van der Waals surface area contributed by atoms with Crippen molar-refractivity contribution in [2.75, 3.05) is 29.0 Å². The molecule has 2 unspecified atom stereocenters. The minimum Gasteiger partial charge on any atom is -0.393 e. The number of nitrogens with two attached hydrogens (primary N) is 1. The van der Waals surface area contributed by atoms with E-state index in [1.54, 1.807) is 6.92 Å². The van der Waals surface area contributed by atoms with Crippen molar-refractivity contribution >= 4 is 17.8 Å². The highest BCUT2D eigenvalue weighted by Crippen LogP contribution is 2.13. The van der Waals surface area contributed by atoms with Crippen LogP contribution in [0.25, 0.3) is 0 Å². The number of nitrogens with one attached hydrogen (secondary N) is 1. The molecule has 7 nitrogen and oxygen atoms in total. The Morgan fingerprint density at radius 1 is 1.21 bits per heavy atom. The Hall–Kier alpha value is -1.63. The Kier molecular flexibility index (Phi) is 5.75. The van der Waals surface area contributed by atoms with Crippen LogP contribution in [-0.4, -0.2) is 45.3 Å². The quantitative estimate of drug-likeness (QED) is 0.674. The van der Waals surface area contributed by atoms with Crippen molar-refractivity contribution in [3.05, 3.63) is 0 Å². The number of anilines is 3. The molecule has 19 heavy (non-hydrogen) atoms. The maximum atomic E-state index is 9.35. The molecule has 1 heterocycles. The van der Waals surface area contributed by atoms with Gasteiger partial charge in [0.25, 0.3) is 0 Å². The average Bonchev–Trinajstić information content (AvgIpc) is 2.28. The zero-order valence-electron chi connectivity index (χ0n) is 12.1. The zero-order valence-corrected chi connectivity index (χ0v) is 12.1. The van der Waals surface area contributed by atoms with Gasteiger partial charge in [0.2, 0.25) is 17.8 Å². The first kappa shape index (κ1) is 15.4. The van der Waals surface area contributed by atoms with Crippen molar-refractivity contribution in [3.63, 3.8) is 0 Å². The molecule has 4 N–H and O–H groups in total. The van der Waals surface area contributed by atoms with Crippen LogP contribution in [0.15, 0.2) is 0 Å². The highest BCUT2D eigenvalue weighted by atomic mass is 16.3. The maximum Gasteiger partial charge on any atom is 0.231 e. The molecule has 0 amide bonds. The number of aromatic nitrogens is 3. The fourth-order valence-corrected chi connectivity index (χ4v) is 1.88. The smallest absolute Gasteiger partial charge is 0.231 e. The van der Waals surface area contributed by atoms with Gasteiger partial charge in [-0.1, -0.05) is 0 Å². The fraction of sp³-hybridized carbons (Fsp3) is 0.750. The van der Waals surface area contributed by atoms with Gasteiger partial charge in [0, 0.05) is 19.1 Å². The van der Waals surface area contributed by atoms with Crippen molar-refractivity contribution in [2.45, 2.75) is 46.3 Å². The Bertz CT molecular complexity index is 394. The molecule has 0 aliphatic rings. The lowest BCUT2D eigenvalue weighted by Crippen LogP contribution is -2.27. The van der Waals surface area contributed by atoms with E-state index in [4.69, 9.17) is 5.73 Å². The number of aliphatic hydroxyl groups is 1. The summed E-state index contributed by atoms with van der Waals surface area (Å²) in [5, 5.41) is 12.5. The topological polar surface area (TPSA) is 100 Å². The van der Waals surface area contributed by atoms with Gasteiger partial charge in [-0.2, -0.15) is 15.0 Å². The van der Waals surface area contributed by atoms with Crippen molar-refractivity contribution in [3.8, 4) is 0 Å². The summed E-state index contributed by atoms with van der Waals surface area (Å²) in [7, 11) is 0. The minimum atomic E-state index is -0.371. The molecule has 0 aliphatic carbocycles. The number of nitrogens with zero attached hydrogens (tertiary/aromatic N) is 4. The molecule has 1 aromatic rings. The summed E-state index contributed by atoms with van der Waals surface area (Å²) < 4.78 is 0. The summed E-state index contributed by atoms with van der Waals surface area (Å²) in [6.45, 7) is 9.40. The van der Waals surface area contributed by atoms with E-state index >= 15 is 0 Å². The van der Waals surface area contributed by atoms with E-state index in [-0.39, 0.29) is 18.1 Å². The van der Waals surface area contributed by atoms with Gasteiger partial charge in [-0.05, 0) is 34.1 Å². The van der Waals surface area contributed by atoms with Gasteiger partial charge in [-0.3, -0.25) is 0 Å². The lowest BCUT2D eigenvalue weighted by atomic mass is 10.2. The van der Waals surface area contributed by atoms with E-state index in [1.165, 1.54) is 0 Å². The lowest BCUT2D eigenvalue weighted by molar-refractivity contribution is 0.179. The molecular formula is C12H24N6O. The summed E-state index contributed by atoms with van der Waals surface area (Å²) >= 11 is 0. The zero-order chi connectivity index (χ0) is 14.4. The van der Waals surface area contributed by atoms with E-state index in [9.17, 15) is 5.11 Å². The van der Waals surface area contributed by atoms with Crippen molar-refractivity contribution in [2.24, 2.45) is 0 Å². The van der Waals surface area contributed by atoms with Gasteiger partial charge in [0.1, 0.15) is 0 Å². The molecule has 0 aromatic carbocycles. The Labute approximate surface area is 114 Å².